The zero-order valence-electron chi connectivity index (χ0n) is 13.9. The van der Waals surface area contributed by atoms with E-state index in [9.17, 15) is 9.59 Å². The van der Waals surface area contributed by atoms with Crippen LogP contribution in [0.4, 0.5) is 5.69 Å². The van der Waals surface area contributed by atoms with Crippen LogP contribution in [0.3, 0.4) is 0 Å². The SMILES string of the molecule is CC(C(=O)Nc1ccc(Cl)cc1)N1CCN(C(=O)c2cccs2)CC1. The highest BCUT2D eigenvalue weighted by atomic mass is 35.5. The van der Waals surface area contributed by atoms with Crippen LogP contribution >= 0.6 is 22.9 Å². The first-order valence-corrected chi connectivity index (χ1v) is 9.43. The van der Waals surface area contributed by atoms with E-state index in [4.69, 9.17) is 11.6 Å². The topological polar surface area (TPSA) is 52.7 Å². The maximum Gasteiger partial charge on any atom is 0.264 e. The zero-order valence-corrected chi connectivity index (χ0v) is 15.5. The second-order valence-electron chi connectivity index (χ2n) is 5.98. The Morgan fingerprint density at radius 1 is 1.12 bits per heavy atom. The molecular weight excluding hydrogens is 358 g/mol. The number of amides is 2. The molecule has 2 aromatic rings. The van der Waals surface area contributed by atoms with E-state index in [2.05, 4.69) is 10.2 Å². The van der Waals surface area contributed by atoms with Crippen LogP contribution in [0.25, 0.3) is 0 Å². The fourth-order valence-corrected chi connectivity index (χ4v) is 3.63. The fourth-order valence-electron chi connectivity index (χ4n) is 2.81. The van der Waals surface area contributed by atoms with Gasteiger partial charge in [-0.2, -0.15) is 0 Å². The van der Waals surface area contributed by atoms with Gasteiger partial charge in [-0.1, -0.05) is 17.7 Å². The van der Waals surface area contributed by atoms with E-state index >= 15 is 0 Å². The Bertz CT molecular complexity index is 725. The summed E-state index contributed by atoms with van der Waals surface area (Å²) in [5.41, 5.74) is 0.729. The molecule has 1 saturated heterocycles. The Kier molecular flexibility index (Phi) is 5.73. The molecule has 132 valence electrons. The van der Waals surface area contributed by atoms with Gasteiger partial charge < -0.3 is 10.2 Å². The summed E-state index contributed by atoms with van der Waals surface area (Å²) >= 11 is 7.32. The van der Waals surface area contributed by atoms with Crippen LogP contribution in [0.2, 0.25) is 5.02 Å². The van der Waals surface area contributed by atoms with Crippen LogP contribution in [-0.4, -0.2) is 53.8 Å². The summed E-state index contributed by atoms with van der Waals surface area (Å²) in [6.45, 7) is 4.53. The van der Waals surface area contributed by atoms with Gasteiger partial charge in [-0.05, 0) is 42.6 Å². The summed E-state index contributed by atoms with van der Waals surface area (Å²) in [5, 5.41) is 5.45. The van der Waals surface area contributed by atoms with Gasteiger partial charge in [0.2, 0.25) is 5.91 Å². The predicted octanol–water partition coefficient (Wildman–Crippen LogP) is 3.19. The molecule has 1 aromatic heterocycles. The van der Waals surface area contributed by atoms with Gasteiger partial charge in [-0.15, -0.1) is 11.3 Å². The van der Waals surface area contributed by atoms with E-state index in [0.29, 0.717) is 31.2 Å². The van der Waals surface area contributed by atoms with E-state index in [1.54, 1.807) is 24.3 Å². The minimum absolute atomic E-state index is 0.0552. The first kappa shape index (κ1) is 17.9. The molecule has 0 bridgehead atoms. The van der Waals surface area contributed by atoms with Crippen molar-refractivity contribution >= 4 is 40.4 Å². The predicted molar refractivity (Wildman–Crippen MR) is 101 cm³/mol. The number of carbonyl (C=O) groups excluding carboxylic acids is 2. The van der Waals surface area contributed by atoms with Gasteiger partial charge in [0.15, 0.2) is 0 Å². The summed E-state index contributed by atoms with van der Waals surface area (Å²) in [7, 11) is 0. The maximum atomic E-state index is 12.4. The van der Waals surface area contributed by atoms with Gasteiger partial charge in [0, 0.05) is 36.9 Å². The molecule has 1 aliphatic rings. The molecule has 1 fully saturated rings. The molecule has 1 atom stereocenters. The van der Waals surface area contributed by atoms with Crippen LogP contribution in [0.5, 0.6) is 0 Å². The average molecular weight is 378 g/mol. The fraction of sp³-hybridized carbons (Fsp3) is 0.333. The Morgan fingerprint density at radius 3 is 2.40 bits per heavy atom. The van der Waals surface area contributed by atoms with Crippen molar-refractivity contribution in [3.05, 3.63) is 51.7 Å². The standard InChI is InChI=1S/C18H20ClN3O2S/c1-13(17(23)20-15-6-4-14(19)5-7-15)21-8-10-22(11-9-21)18(24)16-3-2-12-25-16/h2-7,12-13H,8-11H2,1H3,(H,20,23). The third-order valence-corrected chi connectivity index (χ3v) is 5.48. The number of piperazine rings is 1. The number of nitrogens with zero attached hydrogens (tertiary/aromatic N) is 2. The van der Waals surface area contributed by atoms with Crippen LogP contribution in [0.15, 0.2) is 41.8 Å². The zero-order chi connectivity index (χ0) is 17.8. The number of benzene rings is 1. The van der Waals surface area contributed by atoms with Gasteiger partial charge >= 0.3 is 0 Å². The van der Waals surface area contributed by atoms with E-state index in [-0.39, 0.29) is 17.9 Å². The number of halogens is 1. The van der Waals surface area contributed by atoms with Gasteiger partial charge in [0.05, 0.1) is 10.9 Å². The smallest absolute Gasteiger partial charge is 0.264 e. The van der Waals surface area contributed by atoms with Crippen molar-refractivity contribution in [1.29, 1.82) is 0 Å². The number of nitrogens with one attached hydrogen (secondary N) is 1. The first-order chi connectivity index (χ1) is 12.0. The van der Waals surface area contributed by atoms with Gasteiger partial charge in [0.25, 0.3) is 5.91 Å². The average Bonchev–Trinajstić information content (AvgIpc) is 3.17. The Hall–Kier alpha value is -1.89. The highest BCUT2D eigenvalue weighted by Crippen LogP contribution is 2.17. The van der Waals surface area contributed by atoms with Crippen molar-refractivity contribution in [2.75, 3.05) is 31.5 Å². The molecule has 3 rings (SSSR count). The molecule has 25 heavy (non-hydrogen) atoms. The number of carbonyl (C=O) groups is 2. The molecular formula is C18H20ClN3O2S. The molecule has 0 spiro atoms. The number of hydrogen-bond donors (Lipinski definition) is 1. The molecule has 2 heterocycles. The lowest BCUT2D eigenvalue weighted by Crippen LogP contribution is -2.53. The monoisotopic (exact) mass is 377 g/mol. The third kappa shape index (κ3) is 4.39. The van der Waals surface area contributed by atoms with Crippen molar-refractivity contribution < 1.29 is 9.59 Å². The molecule has 2 amide bonds. The van der Waals surface area contributed by atoms with Crippen molar-refractivity contribution in [2.24, 2.45) is 0 Å². The van der Waals surface area contributed by atoms with Crippen LogP contribution in [0, 0.1) is 0 Å². The number of rotatable bonds is 4. The minimum atomic E-state index is -0.255. The lowest BCUT2D eigenvalue weighted by Gasteiger charge is -2.37. The molecule has 5 nitrogen and oxygen atoms in total. The summed E-state index contributed by atoms with van der Waals surface area (Å²) in [6.07, 6.45) is 0. The summed E-state index contributed by atoms with van der Waals surface area (Å²) in [4.78, 5) is 29.5. The molecule has 1 unspecified atom stereocenters. The van der Waals surface area contributed by atoms with Crippen molar-refractivity contribution in [3.8, 4) is 0 Å². The molecule has 1 N–H and O–H groups in total. The minimum Gasteiger partial charge on any atom is -0.335 e. The lowest BCUT2D eigenvalue weighted by molar-refractivity contribution is -0.121. The van der Waals surface area contributed by atoms with E-state index in [0.717, 1.165) is 10.6 Å². The molecule has 7 heteroatoms. The summed E-state index contributed by atoms with van der Waals surface area (Å²) in [6, 6.07) is 10.5. The summed E-state index contributed by atoms with van der Waals surface area (Å²) in [5.74, 6) is 0.0216. The van der Waals surface area contributed by atoms with Crippen LogP contribution in [0.1, 0.15) is 16.6 Å². The largest absolute Gasteiger partial charge is 0.335 e. The second kappa shape index (κ2) is 7.99. The highest BCUT2D eigenvalue weighted by molar-refractivity contribution is 7.12. The Morgan fingerprint density at radius 2 is 1.80 bits per heavy atom. The number of hydrogen-bond acceptors (Lipinski definition) is 4. The van der Waals surface area contributed by atoms with E-state index < -0.39 is 0 Å². The molecule has 1 aliphatic heterocycles. The van der Waals surface area contributed by atoms with Crippen LogP contribution in [-0.2, 0) is 4.79 Å². The molecule has 0 radical (unpaired) electrons. The highest BCUT2D eigenvalue weighted by Gasteiger charge is 2.28. The molecule has 0 saturated carbocycles. The van der Waals surface area contributed by atoms with E-state index in [1.165, 1.54) is 11.3 Å². The van der Waals surface area contributed by atoms with Crippen LogP contribution < -0.4 is 5.32 Å². The molecule has 1 aromatic carbocycles. The summed E-state index contributed by atoms with van der Waals surface area (Å²) < 4.78 is 0. The van der Waals surface area contributed by atoms with Crippen molar-refractivity contribution in [2.45, 2.75) is 13.0 Å². The number of anilines is 1. The van der Waals surface area contributed by atoms with Crippen molar-refractivity contribution in [1.82, 2.24) is 9.80 Å². The quantitative estimate of drug-likeness (QED) is 0.890. The van der Waals surface area contributed by atoms with Gasteiger partial charge in [-0.3, -0.25) is 14.5 Å². The van der Waals surface area contributed by atoms with Gasteiger partial charge in [-0.25, -0.2) is 0 Å². The second-order valence-corrected chi connectivity index (χ2v) is 7.36. The maximum absolute atomic E-state index is 12.4. The lowest BCUT2D eigenvalue weighted by atomic mass is 10.2. The molecule has 0 aliphatic carbocycles. The Balaban J connectivity index is 1.52. The number of thiophene rings is 1. The van der Waals surface area contributed by atoms with Crippen molar-refractivity contribution in [3.63, 3.8) is 0 Å². The van der Waals surface area contributed by atoms with E-state index in [1.807, 2.05) is 29.3 Å². The first-order valence-electron chi connectivity index (χ1n) is 8.18. The third-order valence-electron chi connectivity index (χ3n) is 4.37. The normalized spacial score (nSPS) is 16.5. The Labute approximate surface area is 156 Å². The van der Waals surface area contributed by atoms with Gasteiger partial charge in [0.1, 0.15) is 0 Å².